The molecule has 0 aliphatic carbocycles. The van der Waals surface area contributed by atoms with Gasteiger partial charge in [-0.05, 0) is 45.7 Å². The molecule has 19 heavy (non-hydrogen) atoms. The van der Waals surface area contributed by atoms with Crippen molar-refractivity contribution in [3.05, 3.63) is 34.9 Å². The Labute approximate surface area is 114 Å². The van der Waals surface area contributed by atoms with Crippen molar-refractivity contribution in [2.24, 2.45) is 0 Å². The van der Waals surface area contributed by atoms with Gasteiger partial charge >= 0.3 is 0 Å². The number of rotatable bonds is 1. The second kappa shape index (κ2) is 4.33. The number of nitriles is 1. The highest BCUT2D eigenvalue weighted by Crippen LogP contribution is 2.45. The van der Waals surface area contributed by atoms with E-state index in [1.54, 1.807) is 0 Å². The summed E-state index contributed by atoms with van der Waals surface area (Å²) in [6.45, 7) is 2.01. The molecule has 2 fully saturated rings. The number of hydrogen-bond acceptors (Lipinski definition) is 3. The summed E-state index contributed by atoms with van der Waals surface area (Å²) in [6, 6.07) is 8.91. The van der Waals surface area contributed by atoms with Crippen LogP contribution in [0.3, 0.4) is 0 Å². The first-order valence-corrected chi connectivity index (χ1v) is 6.99. The number of aliphatic hydroxyl groups is 1. The second-order valence-corrected chi connectivity index (χ2v) is 6.15. The smallest absolute Gasteiger partial charge is 0.0995 e. The molecule has 0 radical (unpaired) electrons. The van der Waals surface area contributed by atoms with Crippen LogP contribution in [-0.4, -0.2) is 29.1 Å². The molecule has 0 amide bonds. The van der Waals surface area contributed by atoms with E-state index in [-0.39, 0.29) is 0 Å². The first-order chi connectivity index (χ1) is 9.03. The molecule has 2 aliphatic heterocycles. The number of hydrogen-bond donors (Lipinski definition) is 1. The van der Waals surface area contributed by atoms with Crippen LogP contribution in [0.15, 0.2) is 18.2 Å². The van der Waals surface area contributed by atoms with E-state index in [1.165, 1.54) is 0 Å². The Morgan fingerprint density at radius 3 is 2.53 bits per heavy atom. The normalized spacial score (nSPS) is 34.2. The molecule has 3 nitrogen and oxygen atoms in total. The molecule has 100 valence electrons. The summed E-state index contributed by atoms with van der Waals surface area (Å²) in [7, 11) is 2.16. The maximum Gasteiger partial charge on any atom is 0.0995 e. The molecule has 0 saturated carbocycles. The lowest BCUT2D eigenvalue weighted by molar-refractivity contribution is -0.0495. The van der Waals surface area contributed by atoms with Crippen LogP contribution in [0.25, 0.3) is 0 Å². The predicted octanol–water partition coefficient (Wildman–Crippen LogP) is 2.31. The zero-order valence-electron chi connectivity index (χ0n) is 11.6. The van der Waals surface area contributed by atoms with Crippen molar-refractivity contribution in [1.82, 2.24) is 4.90 Å². The first kappa shape index (κ1) is 12.7. The third kappa shape index (κ3) is 1.96. The molecule has 2 bridgehead atoms. The number of fused-ring (bicyclic) bond motifs is 2. The maximum absolute atomic E-state index is 11.1. The Morgan fingerprint density at radius 1 is 1.32 bits per heavy atom. The largest absolute Gasteiger partial charge is 0.385 e. The van der Waals surface area contributed by atoms with Gasteiger partial charge in [0.25, 0.3) is 0 Å². The van der Waals surface area contributed by atoms with E-state index in [0.717, 1.165) is 36.8 Å². The van der Waals surface area contributed by atoms with Gasteiger partial charge in [0.2, 0.25) is 0 Å². The van der Waals surface area contributed by atoms with Crippen LogP contribution in [0.2, 0.25) is 0 Å². The van der Waals surface area contributed by atoms with Gasteiger partial charge in [-0.3, -0.25) is 0 Å². The lowest BCUT2D eigenvalue weighted by Gasteiger charge is -2.42. The topological polar surface area (TPSA) is 47.3 Å². The summed E-state index contributed by atoms with van der Waals surface area (Å²) >= 11 is 0. The Morgan fingerprint density at radius 2 is 1.95 bits per heavy atom. The summed E-state index contributed by atoms with van der Waals surface area (Å²) in [5, 5.41) is 20.4. The van der Waals surface area contributed by atoms with E-state index >= 15 is 0 Å². The maximum atomic E-state index is 11.1. The number of piperidine rings is 1. The van der Waals surface area contributed by atoms with Gasteiger partial charge in [0.15, 0.2) is 0 Å². The summed E-state index contributed by atoms with van der Waals surface area (Å²) in [5.41, 5.74) is 1.74. The van der Waals surface area contributed by atoms with Crippen LogP contribution in [0, 0.1) is 18.3 Å². The Balaban J connectivity index is 2.02. The first-order valence-electron chi connectivity index (χ1n) is 6.99. The van der Waals surface area contributed by atoms with E-state index in [1.807, 2.05) is 25.1 Å². The number of nitrogens with zero attached hydrogens (tertiary/aromatic N) is 2. The van der Waals surface area contributed by atoms with E-state index in [2.05, 4.69) is 18.0 Å². The van der Waals surface area contributed by atoms with Gasteiger partial charge in [0.05, 0.1) is 17.2 Å². The van der Waals surface area contributed by atoms with Crippen molar-refractivity contribution in [2.75, 3.05) is 7.05 Å². The third-order valence-corrected chi connectivity index (χ3v) is 4.93. The van der Waals surface area contributed by atoms with Gasteiger partial charge in [0, 0.05) is 17.6 Å². The molecular formula is C16H20N2O. The second-order valence-electron chi connectivity index (χ2n) is 6.15. The molecule has 3 heteroatoms. The van der Waals surface area contributed by atoms with Crippen LogP contribution in [-0.2, 0) is 5.60 Å². The Bertz CT molecular complexity index is 532. The highest BCUT2D eigenvalue weighted by Gasteiger charge is 2.47. The van der Waals surface area contributed by atoms with Gasteiger partial charge < -0.3 is 10.0 Å². The molecular weight excluding hydrogens is 236 g/mol. The highest BCUT2D eigenvalue weighted by atomic mass is 16.3. The molecule has 2 unspecified atom stereocenters. The van der Waals surface area contributed by atoms with Crippen LogP contribution in [0.4, 0.5) is 0 Å². The molecule has 2 atom stereocenters. The molecule has 2 heterocycles. The fraction of sp³-hybridized carbons (Fsp3) is 0.562. The van der Waals surface area contributed by atoms with E-state index < -0.39 is 5.60 Å². The van der Waals surface area contributed by atoms with Crippen LogP contribution in [0.5, 0.6) is 0 Å². The predicted molar refractivity (Wildman–Crippen MR) is 73.6 cm³/mol. The fourth-order valence-corrected chi connectivity index (χ4v) is 3.81. The molecule has 2 aliphatic rings. The van der Waals surface area contributed by atoms with Crippen molar-refractivity contribution < 1.29 is 5.11 Å². The minimum Gasteiger partial charge on any atom is -0.385 e. The van der Waals surface area contributed by atoms with Gasteiger partial charge in [0.1, 0.15) is 0 Å². The van der Waals surface area contributed by atoms with E-state index in [4.69, 9.17) is 0 Å². The molecule has 1 N–H and O–H groups in total. The average molecular weight is 256 g/mol. The molecule has 0 spiro atoms. The van der Waals surface area contributed by atoms with Gasteiger partial charge in [-0.2, -0.15) is 5.26 Å². The molecule has 3 rings (SSSR count). The molecule has 2 saturated heterocycles. The minimum absolute atomic E-state index is 0.454. The van der Waals surface area contributed by atoms with E-state index in [0.29, 0.717) is 17.6 Å². The number of benzene rings is 1. The number of aryl methyl sites for hydroxylation is 1. The van der Waals surface area contributed by atoms with Crippen molar-refractivity contribution >= 4 is 0 Å². The third-order valence-electron chi connectivity index (χ3n) is 4.93. The molecule has 1 aromatic carbocycles. The van der Waals surface area contributed by atoms with Crippen molar-refractivity contribution in [3.8, 4) is 6.07 Å². The quantitative estimate of drug-likeness (QED) is 0.838. The van der Waals surface area contributed by atoms with Crippen molar-refractivity contribution in [2.45, 2.75) is 50.3 Å². The van der Waals surface area contributed by atoms with Crippen LogP contribution in [0.1, 0.15) is 42.4 Å². The SMILES string of the molecule is Cc1ccc(C#N)c(C2(O)CC3CCC(C2)N3C)c1. The van der Waals surface area contributed by atoms with Gasteiger partial charge in [-0.1, -0.05) is 17.7 Å². The Kier molecular flexibility index (Phi) is 2.88. The van der Waals surface area contributed by atoms with E-state index in [9.17, 15) is 10.4 Å². The zero-order chi connectivity index (χ0) is 13.6. The van der Waals surface area contributed by atoms with Gasteiger partial charge in [-0.25, -0.2) is 0 Å². The molecule has 1 aromatic rings. The summed E-state index contributed by atoms with van der Waals surface area (Å²) in [5.74, 6) is 0. The van der Waals surface area contributed by atoms with Crippen molar-refractivity contribution in [3.63, 3.8) is 0 Å². The highest BCUT2D eigenvalue weighted by molar-refractivity contribution is 5.44. The summed E-state index contributed by atoms with van der Waals surface area (Å²) < 4.78 is 0. The zero-order valence-corrected chi connectivity index (χ0v) is 11.6. The lowest BCUT2D eigenvalue weighted by Crippen LogP contribution is -2.47. The van der Waals surface area contributed by atoms with Crippen LogP contribution >= 0.6 is 0 Å². The summed E-state index contributed by atoms with van der Waals surface area (Å²) in [4.78, 5) is 2.40. The van der Waals surface area contributed by atoms with Crippen molar-refractivity contribution in [1.29, 1.82) is 5.26 Å². The summed E-state index contributed by atoms with van der Waals surface area (Å²) in [6.07, 6.45) is 3.82. The standard InChI is InChI=1S/C16H20N2O/c1-11-3-4-12(10-17)15(7-11)16(19)8-13-5-6-14(9-16)18(13)2/h3-4,7,13-14,19H,5-6,8-9H2,1-2H3. The minimum atomic E-state index is -0.824. The molecule has 0 aromatic heterocycles. The fourth-order valence-electron chi connectivity index (χ4n) is 3.81. The Hall–Kier alpha value is -1.37. The average Bonchev–Trinajstić information content (AvgIpc) is 2.63. The lowest BCUT2D eigenvalue weighted by atomic mass is 9.78. The monoisotopic (exact) mass is 256 g/mol. The van der Waals surface area contributed by atoms with Gasteiger partial charge in [-0.15, -0.1) is 0 Å². The van der Waals surface area contributed by atoms with Crippen LogP contribution < -0.4 is 0 Å².